The van der Waals surface area contributed by atoms with Gasteiger partial charge in [0.05, 0.1) is 7.11 Å². The molecule has 130 valence electrons. The lowest BCUT2D eigenvalue weighted by molar-refractivity contribution is -0.145. The summed E-state index contributed by atoms with van der Waals surface area (Å²) in [5.74, 6) is -1.03. The maximum absolute atomic E-state index is 12.4. The fourth-order valence-electron chi connectivity index (χ4n) is 2.74. The number of phenolic OH excluding ortho intramolecular Hbond substituents is 1. The summed E-state index contributed by atoms with van der Waals surface area (Å²) >= 11 is 0. The average Bonchev–Trinajstić information content (AvgIpc) is 3.05. The van der Waals surface area contributed by atoms with Gasteiger partial charge in [-0.1, -0.05) is 12.1 Å². The first-order valence-corrected chi connectivity index (χ1v) is 7.58. The van der Waals surface area contributed by atoms with Crippen LogP contribution in [0.1, 0.15) is 18.4 Å². The monoisotopic (exact) mass is 336 g/mol. The molecule has 0 spiro atoms. The van der Waals surface area contributed by atoms with Crippen molar-refractivity contribution in [1.82, 2.24) is 10.2 Å². The summed E-state index contributed by atoms with van der Waals surface area (Å²) in [7, 11) is 1.22. The van der Waals surface area contributed by atoms with Crippen LogP contribution in [0.4, 0.5) is 4.79 Å². The maximum atomic E-state index is 12.4. The van der Waals surface area contributed by atoms with Crippen molar-refractivity contribution in [1.29, 1.82) is 0 Å². The van der Waals surface area contributed by atoms with Gasteiger partial charge in [0.25, 0.3) is 0 Å². The minimum absolute atomic E-state index is 0.0976. The van der Waals surface area contributed by atoms with Crippen molar-refractivity contribution in [2.24, 2.45) is 0 Å². The first-order chi connectivity index (χ1) is 11.4. The van der Waals surface area contributed by atoms with Gasteiger partial charge in [0.1, 0.15) is 17.8 Å². The van der Waals surface area contributed by atoms with Crippen LogP contribution in [-0.2, 0) is 20.7 Å². The molecule has 0 bridgehead atoms. The number of methoxy groups -OCH3 is 1. The van der Waals surface area contributed by atoms with E-state index in [0.717, 1.165) is 10.5 Å². The van der Waals surface area contributed by atoms with Crippen LogP contribution in [0.5, 0.6) is 5.75 Å². The highest BCUT2D eigenvalue weighted by atomic mass is 16.5. The number of phenols is 1. The number of hydrogen-bond donors (Lipinski definition) is 3. The third-order valence-corrected chi connectivity index (χ3v) is 3.98. The molecule has 2 amide bonds. The zero-order chi connectivity index (χ0) is 17.7. The van der Waals surface area contributed by atoms with Crippen LogP contribution < -0.4 is 5.32 Å². The van der Waals surface area contributed by atoms with E-state index in [1.54, 1.807) is 12.1 Å². The van der Waals surface area contributed by atoms with E-state index in [2.05, 4.69) is 5.32 Å². The summed E-state index contributed by atoms with van der Waals surface area (Å²) in [4.78, 5) is 36.5. The molecule has 2 atom stereocenters. The Kier molecular flexibility index (Phi) is 5.62. The highest BCUT2D eigenvalue weighted by Crippen LogP contribution is 2.18. The van der Waals surface area contributed by atoms with Gasteiger partial charge < -0.3 is 20.3 Å². The van der Waals surface area contributed by atoms with Gasteiger partial charge in [-0.2, -0.15) is 0 Å². The third kappa shape index (κ3) is 4.15. The largest absolute Gasteiger partial charge is 0.508 e. The van der Waals surface area contributed by atoms with E-state index in [1.165, 1.54) is 19.2 Å². The van der Waals surface area contributed by atoms with Crippen LogP contribution in [0.25, 0.3) is 0 Å². The minimum atomic E-state index is -1.15. The van der Waals surface area contributed by atoms with Crippen LogP contribution in [0.3, 0.4) is 0 Å². The van der Waals surface area contributed by atoms with Gasteiger partial charge in [-0.15, -0.1) is 0 Å². The number of carbonyl (C=O) groups is 3. The molecule has 3 N–H and O–H groups in total. The summed E-state index contributed by atoms with van der Waals surface area (Å²) in [6, 6.07) is 4.51. The molecule has 0 aliphatic carbocycles. The highest BCUT2D eigenvalue weighted by Gasteiger charge is 2.36. The number of amides is 2. The molecule has 0 unspecified atom stereocenters. The number of nitrogens with zero attached hydrogens (tertiary/aromatic N) is 1. The molecule has 0 radical (unpaired) electrons. The van der Waals surface area contributed by atoms with E-state index in [0.29, 0.717) is 19.4 Å². The second-order valence-corrected chi connectivity index (χ2v) is 5.59. The molecule has 0 saturated carbocycles. The van der Waals surface area contributed by atoms with Crippen molar-refractivity contribution in [2.45, 2.75) is 31.3 Å². The molecule has 1 aromatic carbocycles. The molecule has 1 aliphatic heterocycles. The smallest absolute Gasteiger partial charge is 0.407 e. The topological polar surface area (TPSA) is 116 Å². The lowest BCUT2D eigenvalue weighted by Gasteiger charge is -2.23. The Hall–Kier alpha value is -2.77. The van der Waals surface area contributed by atoms with Crippen molar-refractivity contribution in [3.8, 4) is 5.75 Å². The normalized spacial score (nSPS) is 18.0. The van der Waals surface area contributed by atoms with Gasteiger partial charge in [-0.25, -0.2) is 9.59 Å². The number of hydrogen-bond acceptors (Lipinski definition) is 5. The number of aromatic hydroxyl groups is 1. The lowest BCUT2D eigenvalue weighted by atomic mass is 10.0. The van der Waals surface area contributed by atoms with Crippen LogP contribution in [-0.4, -0.2) is 58.8 Å². The number of ether oxygens (including phenoxy) is 1. The van der Waals surface area contributed by atoms with E-state index in [9.17, 15) is 19.5 Å². The first-order valence-electron chi connectivity index (χ1n) is 7.58. The first kappa shape index (κ1) is 17.6. The Morgan fingerprint density at radius 1 is 1.33 bits per heavy atom. The van der Waals surface area contributed by atoms with Crippen molar-refractivity contribution in [3.63, 3.8) is 0 Å². The molecule has 1 saturated heterocycles. The number of esters is 1. The third-order valence-electron chi connectivity index (χ3n) is 3.98. The number of carboxylic acid groups (broad SMARTS) is 1. The van der Waals surface area contributed by atoms with Crippen molar-refractivity contribution >= 4 is 18.0 Å². The average molecular weight is 336 g/mol. The van der Waals surface area contributed by atoms with E-state index < -0.39 is 30.1 Å². The quantitative estimate of drug-likeness (QED) is 0.683. The minimum Gasteiger partial charge on any atom is -0.508 e. The molecule has 1 fully saturated rings. The van der Waals surface area contributed by atoms with Crippen molar-refractivity contribution in [3.05, 3.63) is 29.8 Å². The second kappa shape index (κ2) is 7.67. The molecule has 2 rings (SSSR count). The van der Waals surface area contributed by atoms with Gasteiger partial charge in [-0.05, 0) is 30.5 Å². The fraction of sp³-hybridized carbons (Fsp3) is 0.438. The Morgan fingerprint density at radius 3 is 2.58 bits per heavy atom. The lowest BCUT2D eigenvalue weighted by Crippen LogP contribution is -2.51. The summed E-state index contributed by atoms with van der Waals surface area (Å²) in [5, 5.41) is 21.0. The Morgan fingerprint density at radius 2 is 2.00 bits per heavy atom. The number of carbonyl (C=O) groups excluding carboxylic acids is 2. The zero-order valence-electron chi connectivity index (χ0n) is 13.3. The number of rotatable bonds is 5. The molecule has 1 heterocycles. The molecular weight excluding hydrogens is 316 g/mol. The van der Waals surface area contributed by atoms with Gasteiger partial charge in [0.15, 0.2) is 0 Å². The summed E-state index contributed by atoms with van der Waals surface area (Å²) < 4.78 is 4.71. The van der Waals surface area contributed by atoms with Gasteiger partial charge in [0, 0.05) is 13.0 Å². The van der Waals surface area contributed by atoms with Gasteiger partial charge in [0.2, 0.25) is 5.91 Å². The van der Waals surface area contributed by atoms with Gasteiger partial charge >= 0.3 is 12.1 Å². The van der Waals surface area contributed by atoms with E-state index in [1.807, 2.05) is 0 Å². The van der Waals surface area contributed by atoms with Crippen LogP contribution in [0.2, 0.25) is 0 Å². The van der Waals surface area contributed by atoms with E-state index >= 15 is 0 Å². The summed E-state index contributed by atoms with van der Waals surface area (Å²) in [6.45, 7) is 0.300. The van der Waals surface area contributed by atoms with E-state index in [-0.39, 0.29) is 12.2 Å². The molecule has 1 aromatic rings. The fourth-order valence-corrected chi connectivity index (χ4v) is 2.74. The molecule has 24 heavy (non-hydrogen) atoms. The number of nitrogens with one attached hydrogen (secondary N) is 1. The van der Waals surface area contributed by atoms with Gasteiger partial charge in [-0.3, -0.25) is 9.69 Å². The molecule has 0 aromatic heterocycles. The molecule has 8 heteroatoms. The maximum Gasteiger partial charge on any atom is 0.407 e. The Balaban J connectivity index is 2.08. The second-order valence-electron chi connectivity index (χ2n) is 5.59. The predicted molar refractivity (Wildman–Crippen MR) is 83.5 cm³/mol. The molecule has 8 nitrogen and oxygen atoms in total. The van der Waals surface area contributed by atoms with Crippen LogP contribution in [0, 0.1) is 0 Å². The van der Waals surface area contributed by atoms with Crippen molar-refractivity contribution < 1.29 is 29.3 Å². The zero-order valence-corrected chi connectivity index (χ0v) is 13.3. The number of likely N-dealkylation sites (tertiary alicyclic amines) is 1. The SMILES string of the molecule is COC(=O)[C@H](Cc1ccc(O)cc1)NC(=O)[C@@H]1CCCN1C(=O)O. The van der Waals surface area contributed by atoms with Crippen LogP contribution in [0.15, 0.2) is 24.3 Å². The predicted octanol–water partition coefficient (Wildman–Crippen LogP) is 0.735. The highest BCUT2D eigenvalue weighted by molar-refractivity contribution is 5.89. The number of benzene rings is 1. The standard InChI is InChI=1S/C16H20N2O6/c1-24-15(21)12(9-10-4-6-11(19)7-5-10)17-14(20)13-3-2-8-18(13)16(22)23/h4-7,12-13,19H,2-3,8-9H2,1H3,(H,17,20)(H,22,23)/t12-,13-/m0/s1. The Labute approximate surface area is 139 Å². The van der Waals surface area contributed by atoms with E-state index in [4.69, 9.17) is 9.84 Å². The summed E-state index contributed by atoms with van der Waals surface area (Å²) in [6.07, 6.45) is 0.0513. The Bertz CT molecular complexity index is 615. The summed E-state index contributed by atoms with van der Waals surface area (Å²) in [5.41, 5.74) is 0.727. The van der Waals surface area contributed by atoms with Crippen LogP contribution >= 0.6 is 0 Å². The molecular formula is C16H20N2O6. The van der Waals surface area contributed by atoms with Crippen molar-refractivity contribution in [2.75, 3.05) is 13.7 Å². The molecule has 1 aliphatic rings.